The highest BCUT2D eigenvalue weighted by atomic mass is 16.3. The molecule has 6 nitrogen and oxygen atoms in total. The molecule has 0 aromatic carbocycles. The minimum absolute atomic E-state index is 0.0161. The number of hydrogen-bond acceptors (Lipinski definition) is 4. The summed E-state index contributed by atoms with van der Waals surface area (Å²) < 4.78 is 5.33. The van der Waals surface area contributed by atoms with Gasteiger partial charge in [0.15, 0.2) is 0 Å². The molecule has 2 rings (SSSR count). The quantitative estimate of drug-likeness (QED) is 0.711. The molecule has 1 aliphatic rings. The maximum Gasteiger partial charge on any atom is 0.255 e. The van der Waals surface area contributed by atoms with Gasteiger partial charge in [0, 0.05) is 12.6 Å². The number of hydrogen-bond donors (Lipinski definition) is 3. The molecule has 0 aliphatic heterocycles. The first-order valence-corrected chi connectivity index (χ1v) is 8.76. The Kier molecular flexibility index (Phi) is 6.85. The predicted octanol–water partition coefficient (Wildman–Crippen LogP) is 2.07. The lowest BCUT2D eigenvalue weighted by Gasteiger charge is -2.30. The second-order valence-corrected chi connectivity index (χ2v) is 6.59. The van der Waals surface area contributed by atoms with E-state index in [0.717, 1.165) is 12.8 Å². The normalized spacial score (nSPS) is 16.6. The largest absolute Gasteiger partial charge is 0.466 e. The lowest BCUT2D eigenvalue weighted by atomic mass is 9.82. The van der Waals surface area contributed by atoms with Crippen LogP contribution in [0.25, 0.3) is 0 Å². The number of carbonyl (C=O) groups excluding carboxylic acids is 2. The number of rotatable bonds is 7. The van der Waals surface area contributed by atoms with E-state index in [1.807, 2.05) is 0 Å². The van der Waals surface area contributed by atoms with Gasteiger partial charge in [-0.3, -0.25) is 9.59 Å². The Balaban J connectivity index is 1.84. The van der Waals surface area contributed by atoms with Crippen molar-refractivity contribution in [2.45, 2.75) is 58.4 Å². The lowest BCUT2D eigenvalue weighted by molar-refractivity contribution is -0.121. The molecule has 1 fully saturated rings. The molecule has 134 valence electrons. The number of amides is 2. The smallest absolute Gasteiger partial charge is 0.255 e. The van der Waals surface area contributed by atoms with E-state index in [1.165, 1.54) is 19.3 Å². The van der Waals surface area contributed by atoms with E-state index in [-0.39, 0.29) is 31.0 Å². The summed E-state index contributed by atoms with van der Waals surface area (Å²) in [6.45, 7) is 3.49. The summed E-state index contributed by atoms with van der Waals surface area (Å²) in [7, 11) is 0. The fourth-order valence-corrected chi connectivity index (χ4v) is 3.47. The van der Waals surface area contributed by atoms with E-state index in [4.69, 9.17) is 4.42 Å². The number of nitrogens with one attached hydrogen (secondary N) is 2. The van der Waals surface area contributed by atoms with Gasteiger partial charge < -0.3 is 20.2 Å². The standard InChI is InChI=1S/C18H28N2O4/c1-12-10-15(13(2)24-12)18(23)19-11-17(22)20-16(8-9-21)14-6-4-3-5-7-14/h10,14,16,21H,3-9,11H2,1-2H3,(H,19,23)(H,20,22). The summed E-state index contributed by atoms with van der Waals surface area (Å²) >= 11 is 0. The molecule has 0 radical (unpaired) electrons. The first kappa shape index (κ1) is 18.5. The minimum atomic E-state index is -0.309. The molecule has 1 unspecified atom stereocenters. The molecule has 0 spiro atoms. The van der Waals surface area contributed by atoms with Crippen LogP contribution in [0.1, 0.15) is 60.4 Å². The van der Waals surface area contributed by atoms with Crippen molar-refractivity contribution in [3.63, 3.8) is 0 Å². The Hall–Kier alpha value is -1.82. The maximum absolute atomic E-state index is 12.2. The molecule has 6 heteroatoms. The van der Waals surface area contributed by atoms with Crippen molar-refractivity contribution < 1.29 is 19.1 Å². The summed E-state index contributed by atoms with van der Waals surface area (Å²) in [5.41, 5.74) is 0.458. The third-order valence-corrected chi connectivity index (χ3v) is 4.70. The van der Waals surface area contributed by atoms with Gasteiger partial charge in [0.1, 0.15) is 11.5 Å². The second-order valence-electron chi connectivity index (χ2n) is 6.59. The average molecular weight is 336 g/mol. The average Bonchev–Trinajstić information content (AvgIpc) is 2.91. The third kappa shape index (κ3) is 5.09. The molecule has 0 saturated heterocycles. The van der Waals surface area contributed by atoms with Crippen LogP contribution in [0, 0.1) is 19.8 Å². The molecule has 1 aromatic heterocycles. The van der Waals surface area contributed by atoms with Gasteiger partial charge in [-0.25, -0.2) is 0 Å². The molecule has 1 aromatic rings. The van der Waals surface area contributed by atoms with Crippen molar-refractivity contribution in [3.05, 3.63) is 23.2 Å². The van der Waals surface area contributed by atoms with Gasteiger partial charge in [-0.15, -0.1) is 0 Å². The molecule has 1 aliphatic carbocycles. The fourth-order valence-electron chi connectivity index (χ4n) is 3.47. The number of furan rings is 1. The summed E-state index contributed by atoms with van der Waals surface area (Å²) in [5.74, 6) is 1.11. The molecule has 24 heavy (non-hydrogen) atoms. The molecular formula is C18H28N2O4. The van der Waals surface area contributed by atoms with Gasteiger partial charge in [0.25, 0.3) is 5.91 Å². The fraction of sp³-hybridized carbons (Fsp3) is 0.667. The van der Waals surface area contributed by atoms with Gasteiger partial charge in [0.2, 0.25) is 5.91 Å². The second kappa shape index (κ2) is 8.87. The Bertz CT molecular complexity index is 561. The predicted molar refractivity (Wildman–Crippen MR) is 90.7 cm³/mol. The van der Waals surface area contributed by atoms with Crippen LogP contribution in [0.4, 0.5) is 0 Å². The number of carbonyl (C=O) groups is 2. The van der Waals surface area contributed by atoms with Crippen molar-refractivity contribution in [2.24, 2.45) is 5.92 Å². The van der Waals surface area contributed by atoms with Crippen molar-refractivity contribution in [1.29, 1.82) is 0 Å². The van der Waals surface area contributed by atoms with Crippen LogP contribution in [0.3, 0.4) is 0 Å². The topological polar surface area (TPSA) is 91.6 Å². The Labute approximate surface area is 143 Å². The van der Waals surface area contributed by atoms with Gasteiger partial charge >= 0.3 is 0 Å². The van der Waals surface area contributed by atoms with Gasteiger partial charge in [-0.05, 0) is 45.1 Å². The highest BCUT2D eigenvalue weighted by molar-refractivity contribution is 5.97. The van der Waals surface area contributed by atoms with Crippen molar-refractivity contribution >= 4 is 11.8 Å². The zero-order chi connectivity index (χ0) is 17.5. The summed E-state index contributed by atoms with van der Waals surface area (Å²) in [6, 6.07) is 1.65. The first-order valence-electron chi connectivity index (χ1n) is 8.76. The molecule has 1 heterocycles. The van der Waals surface area contributed by atoms with E-state index >= 15 is 0 Å². The molecule has 3 N–H and O–H groups in total. The zero-order valence-corrected chi connectivity index (χ0v) is 14.6. The van der Waals surface area contributed by atoms with Crippen LogP contribution in [-0.4, -0.2) is 36.1 Å². The van der Waals surface area contributed by atoms with Gasteiger partial charge in [0.05, 0.1) is 12.1 Å². The lowest BCUT2D eigenvalue weighted by Crippen LogP contribution is -2.46. The zero-order valence-electron chi connectivity index (χ0n) is 14.6. The van der Waals surface area contributed by atoms with E-state index in [2.05, 4.69) is 10.6 Å². The van der Waals surface area contributed by atoms with Crippen molar-refractivity contribution in [2.75, 3.05) is 13.2 Å². The van der Waals surface area contributed by atoms with E-state index in [1.54, 1.807) is 19.9 Å². The third-order valence-electron chi connectivity index (χ3n) is 4.70. The van der Waals surface area contributed by atoms with Crippen molar-refractivity contribution in [1.82, 2.24) is 10.6 Å². The highest BCUT2D eigenvalue weighted by Gasteiger charge is 2.25. The molecule has 1 saturated carbocycles. The van der Waals surface area contributed by atoms with E-state index in [0.29, 0.717) is 29.4 Å². The molecule has 2 amide bonds. The summed E-state index contributed by atoms with van der Waals surface area (Å²) in [6.07, 6.45) is 6.34. The maximum atomic E-state index is 12.2. The number of aliphatic hydroxyl groups is 1. The molecule has 1 atom stereocenters. The number of aliphatic hydroxyl groups excluding tert-OH is 1. The first-order chi connectivity index (χ1) is 11.5. The summed E-state index contributed by atoms with van der Waals surface area (Å²) in [4.78, 5) is 24.3. The molecular weight excluding hydrogens is 308 g/mol. The van der Waals surface area contributed by atoms with Crippen LogP contribution in [-0.2, 0) is 4.79 Å². The van der Waals surface area contributed by atoms with Crippen molar-refractivity contribution in [3.8, 4) is 0 Å². The van der Waals surface area contributed by atoms with Gasteiger partial charge in [-0.2, -0.15) is 0 Å². The minimum Gasteiger partial charge on any atom is -0.466 e. The van der Waals surface area contributed by atoms with Crippen LogP contribution >= 0.6 is 0 Å². The van der Waals surface area contributed by atoms with Crippen LogP contribution in [0.2, 0.25) is 0 Å². The monoisotopic (exact) mass is 336 g/mol. The van der Waals surface area contributed by atoms with Crippen LogP contribution in [0.15, 0.2) is 10.5 Å². The van der Waals surface area contributed by atoms with E-state index < -0.39 is 0 Å². The highest BCUT2D eigenvalue weighted by Crippen LogP contribution is 2.27. The molecule has 0 bridgehead atoms. The van der Waals surface area contributed by atoms with Crippen LogP contribution < -0.4 is 10.6 Å². The SMILES string of the molecule is Cc1cc(C(=O)NCC(=O)NC(CCO)C2CCCCC2)c(C)o1. The Morgan fingerprint density at radius 1 is 1.29 bits per heavy atom. The van der Waals surface area contributed by atoms with E-state index in [9.17, 15) is 14.7 Å². The van der Waals surface area contributed by atoms with Gasteiger partial charge in [-0.1, -0.05) is 19.3 Å². The number of aryl methyl sites for hydroxylation is 2. The van der Waals surface area contributed by atoms with Crippen LogP contribution in [0.5, 0.6) is 0 Å². The Morgan fingerprint density at radius 3 is 2.58 bits per heavy atom. The Morgan fingerprint density at radius 2 is 2.00 bits per heavy atom. The summed E-state index contributed by atoms with van der Waals surface area (Å²) in [5, 5.41) is 14.9.